The Morgan fingerprint density at radius 3 is 2.57 bits per heavy atom. The Balaban J connectivity index is 1.60. The molecule has 2 aromatic rings. The number of unbranched alkanes of at least 4 members (excludes halogenated alkanes) is 2. The molecule has 2 amide bonds. The van der Waals surface area contributed by atoms with Crippen molar-refractivity contribution in [3.05, 3.63) is 90.5 Å². The van der Waals surface area contributed by atoms with Gasteiger partial charge in [-0.2, -0.15) is 0 Å². The number of esters is 1. The third-order valence-corrected chi connectivity index (χ3v) is 9.68. The van der Waals surface area contributed by atoms with Gasteiger partial charge >= 0.3 is 5.97 Å². The molecule has 3 heterocycles. The first-order valence-corrected chi connectivity index (χ1v) is 15.6. The lowest BCUT2D eigenvalue weighted by Gasteiger charge is -2.40. The van der Waals surface area contributed by atoms with Crippen molar-refractivity contribution in [2.45, 2.75) is 76.2 Å². The molecule has 44 heavy (non-hydrogen) atoms. The van der Waals surface area contributed by atoms with Crippen LogP contribution in [0.4, 0.5) is 5.69 Å². The molecule has 2 unspecified atom stereocenters. The van der Waals surface area contributed by atoms with Crippen LogP contribution in [0.2, 0.25) is 0 Å². The SMILES string of the molecule is C=CCCCCOC(=O)[C@@H]1[C@H]2C(=O)N([C@H](CO)c3ccccc3)C(C(=O)N(CC=C)c3cc(C)ccc3C)C23CC[C@@]1(C)O3. The van der Waals surface area contributed by atoms with Crippen LogP contribution < -0.4 is 4.90 Å². The van der Waals surface area contributed by atoms with E-state index < -0.39 is 47.7 Å². The number of carbonyl (C=O) groups excluding carboxylic acids is 3. The summed E-state index contributed by atoms with van der Waals surface area (Å²) < 4.78 is 12.5. The van der Waals surface area contributed by atoms with Gasteiger partial charge in [-0.15, -0.1) is 13.2 Å². The highest BCUT2D eigenvalue weighted by Crippen LogP contribution is 2.64. The first kappa shape index (κ1) is 31.7. The molecular formula is C36H44N2O6. The van der Waals surface area contributed by atoms with E-state index in [0.717, 1.165) is 29.7 Å². The van der Waals surface area contributed by atoms with E-state index in [4.69, 9.17) is 9.47 Å². The molecule has 2 bridgehead atoms. The van der Waals surface area contributed by atoms with E-state index in [2.05, 4.69) is 13.2 Å². The number of aryl methyl sites for hydroxylation is 2. The topological polar surface area (TPSA) is 96.4 Å². The summed E-state index contributed by atoms with van der Waals surface area (Å²) in [6.07, 6.45) is 6.79. The van der Waals surface area contributed by atoms with Crippen LogP contribution in [0.1, 0.15) is 61.8 Å². The van der Waals surface area contributed by atoms with Gasteiger partial charge in [-0.3, -0.25) is 14.4 Å². The fourth-order valence-corrected chi connectivity index (χ4v) is 7.61. The summed E-state index contributed by atoms with van der Waals surface area (Å²) in [6.45, 7) is 13.5. The minimum Gasteiger partial charge on any atom is -0.465 e. The summed E-state index contributed by atoms with van der Waals surface area (Å²) >= 11 is 0. The number of rotatable bonds is 13. The van der Waals surface area contributed by atoms with Gasteiger partial charge in [0.25, 0.3) is 5.91 Å². The molecule has 3 saturated heterocycles. The summed E-state index contributed by atoms with van der Waals surface area (Å²) in [5.74, 6) is -2.96. The molecule has 234 valence electrons. The Kier molecular flexibility index (Phi) is 9.14. The molecule has 5 rings (SSSR count). The zero-order valence-electron chi connectivity index (χ0n) is 26.0. The predicted octanol–water partition coefficient (Wildman–Crippen LogP) is 5.22. The molecule has 0 radical (unpaired) electrons. The lowest BCUT2D eigenvalue weighted by Crippen LogP contribution is -2.57. The minimum atomic E-state index is -1.26. The van der Waals surface area contributed by atoms with Crippen LogP contribution in [0, 0.1) is 25.7 Å². The Bertz CT molecular complexity index is 1420. The van der Waals surface area contributed by atoms with Crippen LogP contribution in [-0.4, -0.2) is 64.8 Å². The highest BCUT2D eigenvalue weighted by Gasteiger charge is 2.79. The fourth-order valence-electron chi connectivity index (χ4n) is 7.61. The monoisotopic (exact) mass is 600 g/mol. The quantitative estimate of drug-likeness (QED) is 0.192. The second-order valence-corrected chi connectivity index (χ2v) is 12.6. The number of allylic oxidation sites excluding steroid dienone is 1. The van der Waals surface area contributed by atoms with E-state index in [0.29, 0.717) is 24.8 Å². The highest BCUT2D eigenvalue weighted by molar-refractivity contribution is 6.05. The molecule has 3 aliphatic heterocycles. The number of fused-ring (bicyclic) bond motifs is 1. The number of ether oxygens (including phenoxy) is 2. The van der Waals surface area contributed by atoms with Gasteiger partial charge in [-0.1, -0.05) is 54.6 Å². The fraction of sp³-hybridized carbons (Fsp3) is 0.472. The molecular weight excluding hydrogens is 556 g/mol. The lowest BCUT2D eigenvalue weighted by atomic mass is 9.66. The maximum atomic E-state index is 15.0. The zero-order valence-corrected chi connectivity index (χ0v) is 26.0. The van der Waals surface area contributed by atoms with Crippen molar-refractivity contribution in [3.8, 4) is 0 Å². The van der Waals surface area contributed by atoms with E-state index in [-0.39, 0.29) is 25.0 Å². The average Bonchev–Trinajstić information content (AvgIpc) is 3.58. The zero-order chi connectivity index (χ0) is 31.6. The molecule has 6 atom stereocenters. The summed E-state index contributed by atoms with van der Waals surface area (Å²) in [7, 11) is 0. The van der Waals surface area contributed by atoms with Crippen molar-refractivity contribution in [2.75, 3.05) is 24.7 Å². The van der Waals surface area contributed by atoms with Gasteiger partial charge in [0.05, 0.1) is 30.8 Å². The number of hydrogen-bond donors (Lipinski definition) is 1. The Hall–Kier alpha value is -3.75. The van der Waals surface area contributed by atoms with Crippen LogP contribution in [0.15, 0.2) is 73.8 Å². The predicted molar refractivity (Wildman–Crippen MR) is 169 cm³/mol. The maximum absolute atomic E-state index is 15.0. The Morgan fingerprint density at radius 2 is 1.89 bits per heavy atom. The van der Waals surface area contributed by atoms with Gasteiger partial charge in [0.15, 0.2) is 0 Å². The average molecular weight is 601 g/mol. The molecule has 8 heteroatoms. The number of aliphatic hydroxyl groups excluding tert-OH is 1. The van der Waals surface area contributed by atoms with Crippen molar-refractivity contribution in [3.63, 3.8) is 0 Å². The number of aliphatic hydroxyl groups is 1. The summed E-state index contributed by atoms with van der Waals surface area (Å²) in [4.78, 5) is 46.6. The molecule has 1 N–H and O–H groups in total. The van der Waals surface area contributed by atoms with Gasteiger partial charge in [-0.05, 0) is 75.6 Å². The molecule has 0 aliphatic carbocycles. The number of amides is 2. The molecule has 8 nitrogen and oxygen atoms in total. The summed E-state index contributed by atoms with van der Waals surface area (Å²) in [5.41, 5.74) is 1.10. The summed E-state index contributed by atoms with van der Waals surface area (Å²) in [6, 6.07) is 13.2. The highest BCUT2D eigenvalue weighted by atomic mass is 16.6. The van der Waals surface area contributed by atoms with Gasteiger partial charge in [0.1, 0.15) is 17.6 Å². The van der Waals surface area contributed by atoms with Gasteiger partial charge < -0.3 is 24.4 Å². The molecule has 1 spiro atoms. The first-order valence-electron chi connectivity index (χ1n) is 15.6. The second-order valence-electron chi connectivity index (χ2n) is 12.6. The van der Waals surface area contributed by atoms with Crippen LogP contribution in [-0.2, 0) is 23.9 Å². The van der Waals surface area contributed by atoms with Crippen molar-refractivity contribution in [1.29, 1.82) is 0 Å². The van der Waals surface area contributed by atoms with Crippen molar-refractivity contribution in [1.82, 2.24) is 4.90 Å². The van der Waals surface area contributed by atoms with Crippen LogP contribution >= 0.6 is 0 Å². The lowest BCUT2D eigenvalue weighted by molar-refractivity contribution is -0.160. The van der Waals surface area contributed by atoms with Gasteiger partial charge in [0.2, 0.25) is 5.91 Å². The number of likely N-dealkylation sites (tertiary alicyclic amines) is 1. The number of benzene rings is 2. The normalized spacial score (nSPS) is 27.6. The van der Waals surface area contributed by atoms with E-state index >= 15 is 0 Å². The maximum Gasteiger partial charge on any atom is 0.312 e. The number of anilines is 1. The van der Waals surface area contributed by atoms with Crippen LogP contribution in [0.3, 0.4) is 0 Å². The third kappa shape index (κ3) is 5.28. The van der Waals surface area contributed by atoms with Crippen LogP contribution in [0.5, 0.6) is 0 Å². The van der Waals surface area contributed by atoms with E-state index in [1.807, 2.05) is 75.4 Å². The van der Waals surface area contributed by atoms with Crippen molar-refractivity contribution in [2.24, 2.45) is 11.8 Å². The molecule has 2 aromatic carbocycles. The number of carbonyl (C=O) groups is 3. The molecule has 3 fully saturated rings. The van der Waals surface area contributed by atoms with Crippen molar-refractivity contribution >= 4 is 23.5 Å². The summed E-state index contributed by atoms with van der Waals surface area (Å²) in [5, 5.41) is 10.8. The molecule has 0 aromatic heterocycles. The number of hydrogen-bond acceptors (Lipinski definition) is 6. The third-order valence-electron chi connectivity index (χ3n) is 9.68. The van der Waals surface area contributed by atoms with E-state index in [1.54, 1.807) is 11.0 Å². The van der Waals surface area contributed by atoms with Crippen molar-refractivity contribution < 1.29 is 29.0 Å². The van der Waals surface area contributed by atoms with E-state index in [9.17, 15) is 19.5 Å². The Morgan fingerprint density at radius 1 is 1.14 bits per heavy atom. The smallest absolute Gasteiger partial charge is 0.312 e. The van der Waals surface area contributed by atoms with E-state index in [1.165, 1.54) is 4.90 Å². The van der Waals surface area contributed by atoms with Gasteiger partial charge in [0, 0.05) is 12.2 Å². The first-order chi connectivity index (χ1) is 21.1. The minimum absolute atomic E-state index is 0.213. The number of nitrogens with zero attached hydrogens (tertiary/aromatic N) is 2. The van der Waals surface area contributed by atoms with Gasteiger partial charge in [-0.25, -0.2) is 0 Å². The second kappa shape index (κ2) is 12.7. The largest absolute Gasteiger partial charge is 0.465 e. The molecule has 3 aliphatic rings. The molecule has 0 saturated carbocycles. The standard InChI is InChI=1S/C36H44N2O6/c1-6-8-9-13-21-43-34(42)30-29-32(40)38(28(23-39)26-14-11-10-12-15-26)31(36(29)19-18-35(30,5)44-36)33(41)37(20-7-2)27-22-24(3)16-17-25(27)4/h6-7,10-12,14-17,22,28-31,39H,1-2,8-9,13,18-21,23H2,3-5H3/t28-,29+,30+,31?,35-,36?/m1/s1. The van der Waals surface area contributed by atoms with Crippen LogP contribution in [0.25, 0.3) is 0 Å². The Labute approximate surface area is 260 Å².